The first-order valence-corrected chi connectivity index (χ1v) is 9.50. The van der Waals surface area contributed by atoms with E-state index in [-0.39, 0.29) is 37.1 Å². The van der Waals surface area contributed by atoms with Crippen molar-refractivity contribution in [3.63, 3.8) is 0 Å². The lowest BCUT2D eigenvalue weighted by atomic mass is 10.1. The van der Waals surface area contributed by atoms with Gasteiger partial charge in [-0.25, -0.2) is 0 Å². The van der Waals surface area contributed by atoms with E-state index in [4.69, 9.17) is 4.74 Å². The molecular weight excluding hydrogens is 386 g/mol. The number of carbonyl (C=O) groups is 4. The molecule has 3 amide bonds. The fourth-order valence-corrected chi connectivity index (χ4v) is 3.23. The van der Waals surface area contributed by atoms with E-state index in [1.807, 2.05) is 0 Å². The number of Topliss-reactive ketones (excluding diaryl/α,β-unsaturated/α-hetero) is 1. The number of rotatable bonds is 7. The monoisotopic (exact) mass is 409 g/mol. The van der Waals surface area contributed by atoms with Gasteiger partial charge in [-0.2, -0.15) is 0 Å². The molecule has 2 N–H and O–H groups in total. The smallest absolute Gasteiger partial charge is 0.243 e. The molecule has 0 spiro atoms. The van der Waals surface area contributed by atoms with Gasteiger partial charge in [0.25, 0.3) is 0 Å². The number of methoxy groups -OCH3 is 1. The molecule has 0 saturated carbocycles. The number of benzene rings is 2. The summed E-state index contributed by atoms with van der Waals surface area (Å²) in [5.41, 5.74) is 1.66. The molecule has 3 rings (SSSR count). The van der Waals surface area contributed by atoms with Crippen LogP contribution in [0.4, 0.5) is 11.4 Å². The van der Waals surface area contributed by atoms with Crippen molar-refractivity contribution >= 4 is 34.9 Å². The molecule has 0 aromatic heterocycles. The number of nitrogens with one attached hydrogen (secondary N) is 2. The quantitative estimate of drug-likeness (QED) is 0.681. The summed E-state index contributed by atoms with van der Waals surface area (Å²) in [6, 6.07) is 13.6. The van der Waals surface area contributed by atoms with Crippen LogP contribution in [0.5, 0.6) is 5.75 Å². The van der Waals surface area contributed by atoms with Crippen molar-refractivity contribution in [3.05, 3.63) is 54.1 Å². The van der Waals surface area contributed by atoms with Crippen LogP contribution in [-0.4, -0.2) is 43.7 Å². The van der Waals surface area contributed by atoms with Gasteiger partial charge in [0.1, 0.15) is 5.75 Å². The molecule has 0 unspecified atom stereocenters. The van der Waals surface area contributed by atoms with Crippen LogP contribution in [-0.2, 0) is 14.4 Å². The van der Waals surface area contributed by atoms with Crippen molar-refractivity contribution in [3.8, 4) is 5.75 Å². The Kier molecular flexibility index (Phi) is 6.46. The van der Waals surface area contributed by atoms with E-state index in [0.29, 0.717) is 22.7 Å². The number of hydrogen-bond donors (Lipinski definition) is 2. The topological polar surface area (TPSA) is 105 Å². The van der Waals surface area contributed by atoms with Gasteiger partial charge in [0.05, 0.1) is 19.6 Å². The van der Waals surface area contributed by atoms with Gasteiger partial charge in [-0.3, -0.25) is 19.2 Å². The van der Waals surface area contributed by atoms with Crippen molar-refractivity contribution in [1.82, 2.24) is 5.32 Å². The molecule has 156 valence electrons. The summed E-state index contributed by atoms with van der Waals surface area (Å²) in [5.74, 6) is -0.877. The Balaban J connectivity index is 1.52. The minimum absolute atomic E-state index is 0.0835. The average Bonchev–Trinajstić information content (AvgIpc) is 3.14. The molecule has 1 atom stereocenters. The molecule has 1 fully saturated rings. The highest BCUT2D eigenvalue weighted by Gasteiger charge is 2.35. The molecule has 30 heavy (non-hydrogen) atoms. The molecule has 1 heterocycles. The number of ketones is 1. The first-order valence-electron chi connectivity index (χ1n) is 9.50. The number of anilines is 2. The molecule has 1 aliphatic heterocycles. The van der Waals surface area contributed by atoms with Gasteiger partial charge in [-0.05, 0) is 43.3 Å². The van der Waals surface area contributed by atoms with Crippen LogP contribution in [0.2, 0.25) is 0 Å². The number of ether oxygens (including phenoxy) is 1. The van der Waals surface area contributed by atoms with Gasteiger partial charge >= 0.3 is 0 Å². The Bertz CT molecular complexity index is 971. The Labute approximate surface area is 174 Å². The SMILES string of the molecule is COc1ccc(N2C[C@H](C(=O)NCC(=O)Nc3cccc(C(C)=O)c3)CC2=O)cc1. The predicted molar refractivity (Wildman–Crippen MR) is 112 cm³/mol. The van der Waals surface area contributed by atoms with E-state index in [0.717, 1.165) is 0 Å². The van der Waals surface area contributed by atoms with Crippen LogP contribution < -0.4 is 20.3 Å². The normalized spacial score (nSPS) is 15.6. The minimum Gasteiger partial charge on any atom is -0.497 e. The number of nitrogens with zero attached hydrogens (tertiary/aromatic N) is 1. The van der Waals surface area contributed by atoms with Crippen LogP contribution in [0.1, 0.15) is 23.7 Å². The van der Waals surface area contributed by atoms with Crippen molar-refractivity contribution < 1.29 is 23.9 Å². The Morgan fingerprint density at radius 3 is 2.53 bits per heavy atom. The van der Waals surface area contributed by atoms with Crippen LogP contribution >= 0.6 is 0 Å². The Morgan fingerprint density at radius 2 is 1.87 bits per heavy atom. The summed E-state index contributed by atoms with van der Waals surface area (Å²) in [6.07, 6.45) is 0.0835. The molecule has 0 aliphatic carbocycles. The van der Waals surface area contributed by atoms with Gasteiger partial charge in [0.15, 0.2) is 5.78 Å². The van der Waals surface area contributed by atoms with E-state index in [1.54, 1.807) is 60.5 Å². The maximum atomic E-state index is 12.4. The molecule has 2 aromatic carbocycles. The largest absolute Gasteiger partial charge is 0.497 e. The molecule has 1 aliphatic rings. The molecule has 2 aromatic rings. The van der Waals surface area contributed by atoms with Crippen LogP contribution in [0.15, 0.2) is 48.5 Å². The zero-order valence-corrected chi connectivity index (χ0v) is 16.8. The second-order valence-corrected chi connectivity index (χ2v) is 7.01. The number of amides is 3. The van der Waals surface area contributed by atoms with Crippen LogP contribution in [0.3, 0.4) is 0 Å². The van der Waals surface area contributed by atoms with Crippen molar-refractivity contribution in [2.75, 3.05) is 30.4 Å². The third-order valence-corrected chi connectivity index (χ3v) is 4.86. The van der Waals surface area contributed by atoms with Crippen molar-refractivity contribution in [1.29, 1.82) is 0 Å². The predicted octanol–water partition coefficient (Wildman–Crippen LogP) is 2.01. The third-order valence-electron chi connectivity index (χ3n) is 4.86. The van der Waals surface area contributed by atoms with Gasteiger partial charge in [0.2, 0.25) is 17.7 Å². The average molecular weight is 409 g/mol. The van der Waals surface area contributed by atoms with E-state index >= 15 is 0 Å². The minimum atomic E-state index is -0.534. The van der Waals surface area contributed by atoms with E-state index in [1.165, 1.54) is 6.92 Å². The van der Waals surface area contributed by atoms with Crippen molar-refractivity contribution in [2.24, 2.45) is 5.92 Å². The van der Waals surface area contributed by atoms with Crippen LogP contribution in [0.25, 0.3) is 0 Å². The van der Waals surface area contributed by atoms with E-state index in [9.17, 15) is 19.2 Å². The molecular formula is C22H23N3O5. The second kappa shape index (κ2) is 9.21. The summed E-state index contributed by atoms with van der Waals surface area (Å²) in [4.78, 5) is 49.9. The standard InChI is InChI=1S/C22H23N3O5/c1-14(26)15-4-3-5-17(10-15)24-20(27)12-23-22(29)16-11-21(28)25(13-16)18-6-8-19(30-2)9-7-18/h3-10,16H,11-13H2,1-2H3,(H,23,29)(H,24,27)/t16-/m1/s1. The fraction of sp³-hybridized carbons (Fsp3) is 0.273. The lowest BCUT2D eigenvalue weighted by Gasteiger charge is -2.17. The highest BCUT2D eigenvalue weighted by molar-refractivity contribution is 6.02. The molecule has 0 bridgehead atoms. The van der Waals surface area contributed by atoms with Crippen LogP contribution in [0, 0.1) is 5.92 Å². The van der Waals surface area contributed by atoms with Gasteiger partial charge in [-0.1, -0.05) is 12.1 Å². The zero-order chi connectivity index (χ0) is 21.7. The summed E-state index contributed by atoms with van der Waals surface area (Å²) in [7, 11) is 1.56. The first kappa shape index (κ1) is 21.0. The lowest BCUT2D eigenvalue weighted by molar-refractivity contribution is -0.127. The fourth-order valence-electron chi connectivity index (χ4n) is 3.23. The summed E-state index contributed by atoms with van der Waals surface area (Å²) in [5, 5.41) is 5.22. The van der Waals surface area contributed by atoms with Gasteiger partial charge in [0, 0.05) is 29.9 Å². The summed E-state index contributed by atoms with van der Waals surface area (Å²) >= 11 is 0. The molecule has 8 nitrogen and oxygen atoms in total. The second-order valence-electron chi connectivity index (χ2n) is 7.01. The van der Waals surface area contributed by atoms with Gasteiger partial charge in [-0.15, -0.1) is 0 Å². The maximum absolute atomic E-state index is 12.4. The van der Waals surface area contributed by atoms with Gasteiger partial charge < -0.3 is 20.3 Å². The van der Waals surface area contributed by atoms with Crippen molar-refractivity contribution in [2.45, 2.75) is 13.3 Å². The summed E-state index contributed by atoms with van der Waals surface area (Å²) < 4.78 is 5.11. The zero-order valence-electron chi connectivity index (χ0n) is 16.8. The summed E-state index contributed by atoms with van der Waals surface area (Å²) in [6.45, 7) is 1.47. The molecule has 8 heteroatoms. The van der Waals surface area contributed by atoms with E-state index in [2.05, 4.69) is 10.6 Å². The molecule has 0 radical (unpaired) electrons. The third kappa shape index (κ3) is 5.02. The first-order chi connectivity index (χ1) is 14.4. The Morgan fingerprint density at radius 1 is 1.13 bits per heavy atom. The maximum Gasteiger partial charge on any atom is 0.243 e. The van der Waals surface area contributed by atoms with E-state index < -0.39 is 11.8 Å². The number of carbonyl (C=O) groups excluding carboxylic acids is 4. The number of hydrogen-bond acceptors (Lipinski definition) is 5. The highest BCUT2D eigenvalue weighted by Crippen LogP contribution is 2.26. The molecule has 1 saturated heterocycles. The Hall–Kier alpha value is -3.68. The lowest BCUT2D eigenvalue weighted by Crippen LogP contribution is -2.37. The highest BCUT2D eigenvalue weighted by atomic mass is 16.5.